The summed E-state index contributed by atoms with van der Waals surface area (Å²) in [5, 5.41) is 0. The smallest absolute Gasteiger partial charge is 0.0449 e. The first-order chi connectivity index (χ1) is 41.4. The van der Waals surface area contributed by atoms with Crippen LogP contribution in [0.2, 0.25) is 0 Å². The number of allylic oxidation sites excluding steroid dienone is 18. The van der Waals surface area contributed by atoms with E-state index in [2.05, 4.69) is 166 Å². The zero-order chi connectivity index (χ0) is 61.3. The number of unbranched alkanes of at least 4 members (excludes halogenated alkanes) is 45. The van der Waals surface area contributed by atoms with Gasteiger partial charge in [0, 0.05) is 16.2 Å². The normalized spacial score (nSPS) is 15.1. The molecule has 0 heteroatoms. The van der Waals surface area contributed by atoms with Gasteiger partial charge in [0.05, 0.1) is 0 Å². The molecule has 0 radical (unpaired) electrons. The van der Waals surface area contributed by atoms with Crippen LogP contribution in [0.1, 0.15) is 409 Å². The topological polar surface area (TPSA) is 0 Å². The van der Waals surface area contributed by atoms with Crippen LogP contribution in [-0.4, -0.2) is 0 Å². The molecule has 0 N–H and O–H groups in total. The first-order valence-corrected chi connectivity index (χ1v) is 38.6. The van der Waals surface area contributed by atoms with Gasteiger partial charge in [0.1, 0.15) is 0 Å². The Morgan fingerprint density at radius 2 is 0.405 bits per heavy atom. The fraction of sp³-hybridized carbons (Fsp3) is 0.786. The molecule has 0 aromatic carbocycles. The van der Waals surface area contributed by atoms with Gasteiger partial charge >= 0.3 is 0 Å². The van der Waals surface area contributed by atoms with Crippen molar-refractivity contribution in [3.63, 3.8) is 0 Å². The Bertz CT molecular complexity index is 1620. The third-order valence-corrected chi connectivity index (χ3v) is 18.3. The van der Waals surface area contributed by atoms with Gasteiger partial charge in [0.2, 0.25) is 0 Å². The summed E-state index contributed by atoms with van der Waals surface area (Å²) in [4.78, 5) is 0. The lowest BCUT2D eigenvalue weighted by Crippen LogP contribution is -2.49. The molecule has 0 saturated carbocycles. The van der Waals surface area contributed by atoms with Gasteiger partial charge in [-0.1, -0.05) is 397 Å². The van der Waals surface area contributed by atoms with E-state index < -0.39 is 16.2 Å². The quantitative estimate of drug-likeness (QED) is 0.0323. The lowest BCUT2D eigenvalue weighted by molar-refractivity contribution is 0.202. The first kappa shape index (κ1) is 81.7. The van der Waals surface area contributed by atoms with Gasteiger partial charge in [-0.2, -0.15) is 0 Å². The predicted octanol–water partition coefficient (Wildman–Crippen LogP) is 30.6. The average Bonchev–Trinajstić information content (AvgIpc) is 0.817. The molecule has 0 fully saturated rings. The summed E-state index contributed by atoms with van der Waals surface area (Å²) in [5.74, 6) is 0. The van der Waals surface area contributed by atoms with Gasteiger partial charge in [-0.25, -0.2) is 0 Å². The molecule has 0 spiro atoms. The fourth-order valence-electron chi connectivity index (χ4n) is 12.7. The Morgan fingerprint density at radius 1 is 0.202 bits per heavy atom. The van der Waals surface area contributed by atoms with Gasteiger partial charge in [0.15, 0.2) is 0 Å². The van der Waals surface area contributed by atoms with Crippen molar-refractivity contribution in [2.45, 2.75) is 409 Å². The van der Waals surface area contributed by atoms with Crippen molar-refractivity contribution in [2.75, 3.05) is 0 Å². The molecule has 0 rings (SSSR count). The monoisotopic (exact) mass is 1160 g/mol. The maximum absolute atomic E-state index is 2.90. The first-order valence-electron chi connectivity index (χ1n) is 38.6. The van der Waals surface area contributed by atoms with Gasteiger partial charge in [-0.3, -0.25) is 0 Å². The molecular formula is C84H152. The largest absolute Gasteiger partial charge is 0.0876 e. The van der Waals surface area contributed by atoms with Crippen molar-refractivity contribution in [3.8, 4) is 0 Å². The zero-order valence-corrected chi connectivity index (χ0v) is 59.0. The summed E-state index contributed by atoms with van der Waals surface area (Å²) in [5.41, 5.74) is 0.193. The maximum Gasteiger partial charge on any atom is 0.0449 e. The summed E-state index contributed by atoms with van der Waals surface area (Å²) in [6, 6.07) is 0. The van der Waals surface area contributed by atoms with Crippen molar-refractivity contribution in [1.82, 2.24) is 0 Å². The van der Waals surface area contributed by atoms with E-state index in [1.54, 1.807) is 5.57 Å². The lowest BCUT2D eigenvalue weighted by atomic mass is 9.47. The van der Waals surface area contributed by atoms with Crippen LogP contribution in [0.15, 0.2) is 109 Å². The third kappa shape index (κ3) is 41.7. The highest BCUT2D eigenvalue weighted by molar-refractivity contribution is 5.51. The number of rotatable bonds is 65. The average molecular weight is 1160 g/mol. The molecule has 0 aromatic heterocycles. The highest BCUT2D eigenvalue weighted by Crippen LogP contribution is 2.63. The Hall–Kier alpha value is -2.34. The summed E-state index contributed by atoms with van der Waals surface area (Å²) >= 11 is 0. The fourth-order valence-corrected chi connectivity index (χ4v) is 12.7. The zero-order valence-electron chi connectivity index (χ0n) is 59.0. The second-order valence-electron chi connectivity index (χ2n) is 26.4. The number of hydrogen-bond acceptors (Lipinski definition) is 0. The van der Waals surface area contributed by atoms with Crippen molar-refractivity contribution in [3.05, 3.63) is 109 Å². The van der Waals surface area contributed by atoms with Crippen molar-refractivity contribution in [2.24, 2.45) is 16.2 Å². The molecule has 0 heterocycles. The van der Waals surface area contributed by atoms with Crippen molar-refractivity contribution < 1.29 is 0 Å². The molecule has 84 heavy (non-hydrogen) atoms. The van der Waals surface area contributed by atoms with Crippen LogP contribution in [0.4, 0.5) is 0 Å². The molecule has 3 atom stereocenters. The van der Waals surface area contributed by atoms with Crippen LogP contribution in [0, 0.1) is 16.2 Å². The lowest BCUT2D eigenvalue weighted by Gasteiger charge is -2.55. The standard InChI is InChI=1S/C84H152/c1-10-19-28-37-45-52-58-67-76-82(74-65-56-44-35-26-17-8,75-66-57-49-41-32-23-14-5)84(79-70-61-51-43-34-25-16-7,80-71-62-54-47-39-30-21-12-3)83(77-68-59-50-42-33-24-15-6,78-69-60-53-46-38-29-20-11-2)81(72-63-36-27-18-9)73-64-55-48-40-31-22-13-4/h64-80H,10-63H2,1-9H3. The molecule has 488 valence electrons. The van der Waals surface area contributed by atoms with E-state index >= 15 is 0 Å². The van der Waals surface area contributed by atoms with Crippen LogP contribution in [-0.2, 0) is 0 Å². The Kier molecular flexibility index (Phi) is 61.9. The summed E-state index contributed by atoms with van der Waals surface area (Å²) < 4.78 is 0. The molecule has 0 saturated heterocycles. The molecule has 0 aliphatic rings. The molecule has 0 aliphatic carbocycles. The van der Waals surface area contributed by atoms with Gasteiger partial charge in [-0.15, -0.1) is 0 Å². The summed E-state index contributed by atoms with van der Waals surface area (Å²) in [6.45, 7) is 21.3. The van der Waals surface area contributed by atoms with Crippen LogP contribution in [0.3, 0.4) is 0 Å². The minimum atomic E-state index is -0.472. The van der Waals surface area contributed by atoms with Gasteiger partial charge in [-0.05, 0) is 121 Å². The second kappa shape index (κ2) is 63.7. The molecule has 0 bridgehead atoms. The van der Waals surface area contributed by atoms with E-state index in [9.17, 15) is 0 Å². The summed E-state index contributed by atoms with van der Waals surface area (Å²) in [6.07, 6.45) is 117. The van der Waals surface area contributed by atoms with Crippen LogP contribution in [0.25, 0.3) is 0 Å². The van der Waals surface area contributed by atoms with Crippen LogP contribution in [0.5, 0.6) is 0 Å². The van der Waals surface area contributed by atoms with E-state index in [4.69, 9.17) is 0 Å². The maximum atomic E-state index is 2.90. The molecule has 0 nitrogen and oxygen atoms in total. The van der Waals surface area contributed by atoms with Crippen LogP contribution >= 0.6 is 0 Å². The predicted molar refractivity (Wildman–Crippen MR) is 389 cm³/mol. The van der Waals surface area contributed by atoms with E-state index in [1.807, 2.05) is 0 Å². The Labute approximate surface area is 531 Å². The van der Waals surface area contributed by atoms with E-state index in [0.717, 1.165) is 57.8 Å². The molecule has 0 aliphatic heterocycles. The van der Waals surface area contributed by atoms with Crippen molar-refractivity contribution >= 4 is 0 Å². The van der Waals surface area contributed by atoms with Gasteiger partial charge < -0.3 is 0 Å². The molecule has 0 amide bonds. The third-order valence-electron chi connectivity index (χ3n) is 18.3. The Balaban J connectivity index is 9.82. The summed E-state index contributed by atoms with van der Waals surface area (Å²) in [7, 11) is 0. The molecule has 3 unspecified atom stereocenters. The molecular weight excluding hydrogens is 1010 g/mol. The minimum Gasteiger partial charge on any atom is -0.0876 e. The molecule has 0 aromatic rings. The highest BCUT2D eigenvalue weighted by Gasteiger charge is 2.56. The Morgan fingerprint density at radius 3 is 0.690 bits per heavy atom. The van der Waals surface area contributed by atoms with E-state index in [-0.39, 0.29) is 0 Å². The minimum absolute atomic E-state index is 0.424. The van der Waals surface area contributed by atoms with Crippen molar-refractivity contribution in [1.29, 1.82) is 0 Å². The SMILES string of the molecule is CCCCCC=C(C=CCCCCCCC)C(C=CCCCCCCC)(C=CCCCCCCCC)C(C=CCCCCCCC)(C=CCCCCCCCC)C(C=CCCCCCC)(C=CCCCCCCC)C=CCCCCCCCC. The van der Waals surface area contributed by atoms with E-state index in [1.165, 1.54) is 289 Å². The van der Waals surface area contributed by atoms with Crippen LogP contribution < -0.4 is 0 Å². The highest BCUT2D eigenvalue weighted by atomic mass is 14.6. The van der Waals surface area contributed by atoms with E-state index in [0.29, 0.717) is 0 Å². The second-order valence-corrected chi connectivity index (χ2v) is 26.4. The van der Waals surface area contributed by atoms with Gasteiger partial charge in [0.25, 0.3) is 0 Å². The number of hydrogen-bond donors (Lipinski definition) is 0.